The highest BCUT2D eigenvalue weighted by Gasteiger charge is 2.50. The molecule has 144 valence electrons. The molecule has 0 unspecified atom stereocenters. The van der Waals surface area contributed by atoms with Crippen LogP contribution in [0.4, 0.5) is 9.52 Å². The molecule has 6 nitrogen and oxygen atoms in total. The number of carbonyl (C=O) groups is 3. The van der Waals surface area contributed by atoms with Gasteiger partial charge in [0.25, 0.3) is 0 Å². The van der Waals surface area contributed by atoms with Crippen LogP contribution in [0.1, 0.15) is 19.8 Å². The zero-order valence-electron chi connectivity index (χ0n) is 15.1. The molecule has 1 saturated heterocycles. The maximum atomic E-state index is 13.1. The Bertz CT molecular complexity index is 943. The van der Waals surface area contributed by atoms with Gasteiger partial charge < -0.3 is 5.32 Å². The first-order chi connectivity index (χ1) is 13.5. The predicted molar refractivity (Wildman–Crippen MR) is 103 cm³/mol. The molecule has 0 radical (unpaired) electrons. The molecule has 28 heavy (non-hydrogen) atoms. The fourth-order valence-corrected chi connectivity index (χ4v) is 4.34. The Labute approximate surface area is 165 Å². The second kappa shape index (κ2) is 7.27. The molecule has 1 aromatic carbocycles. The number of rotatable bonds is 4. The molecule has 3 amide bonds. The minimum Gasteiger partial charge on any atom is -0.300 e. The number of imide groups is 1. The normalized spacial score (nSPS) is 22.3. The number of thiazole rings is 1. The first-order valence-electron chi connectivity index (χ1n) is 9.00. The monoisotopic (exact) mass is 399 g/mol. The number of halogens is 1. The number of hydrogen-bond acceptors (Lipinski definition) is 5. The van der Waals surface area contributed by atoms with Crippen LogP contribution < -0.4 is 5.32 Å². The largest absolute Gasteiger partial charge is 0.300 e. The summed E-state index contributed by atoms with van der Waals surface area (Å²) in [7, 11) is 0. The lowest BCUT2D eigenvalue weighted by Crippen LogP contribution is -2.46. The summed E-state index contributed by atoms with van der Waals surface area (Å²) >= 11 is 1.22. The molecule has 2 aromatic rings. The topological polar surface area (TPSA) is 79.4 Å². The van der Waals surface area contributed by atoms with E-state index in [0.29, 0.717) is 23.7 Å². The highest BCUT2D eigenvalue weighted by atomic mass is 32.1. The Balaban J connectivity index is 1.46. The Kier molecular flexibility index (Phi) is 4.80. The van der Waals surface area contributed by atoms with Crippen molar-refractivity contribution >= 4 is 34.2 Å². The lowest BCUT2D eigenvalue weighted by molar-refractivity contribution is -0.146. The third-order valence-corrected chi connectivity index (χ3v) is 5.94. The van der Waals surface area contributed by atoms with Gasteiger partial charge in [-0.15, -0.1) is 11.3 Å². The molecule has 8 heteroatoms. The fourth-order valence-electron chi connectivity index (χ4n) is 3.62. The molecule has 1 fully saturated rings. The first kappa shape index (κ1) is 18.5. The van der Waals surface area contributed by atoms with Gasteiger partial charge in [-0.05, 0) is 44.0 Å². The summed E-state index contributed by atoms with van der Waals surface area (Å²) in [5.74, 6) is -2.10. The summed E-state index contributed by atoms with van der Waals surface area (Å²) in [6.07, 6.45) is 4.89. The van der Waals surface area contributed by atoms with Crippen molar-refractivity contribution in [1.29, 1.82) is 0 Å². The maximum absolute atomic E-state index is 13.1. The standard InChI is InChI=1S/C20H18FN3O3S/c1-11(24-18(26)14-4-2-3-5-15(14)19(24)27)17(25)23-20-22-16(10-28-20)12-6-8-13(21)9-7-12/h2-3,6-11,14-15H,4-5H2,1H3,(H,22,23,25)/t11-,14-,15+/m0/s1. The minimum absolute atomic E-state index is 0.284. The quantitative estimate of drug-likeness (QED) is 0.632. The van der Waals surface area contributed by atoms with Crippen LogP contribution in [0.15, 0.2) is 41.8 Å². The van der Waals surface area contributed by atoms with E-state index < -0.39 is 11.9 Å². The molecule has 4 rings (SSSR count). The number of fused-ring (bicyclic) bond motifs is 1. The van der Waals surface area contributed by atoms with Gasteiger partial charge in [-0.2, -0.15) is 0 Å². The molecule has 1 aliphatic heterocycles. The Hall–Kier alpha value is -2.87. The second-order valence-corrected chi connectivity index (χ2v) is 7.77. The van der Waals surface area contributed by atoms with Crippen molar-refractivity contribution in [1.82, 2.24) is 9.88 Å². The highest BCUT2D eigenvalue weighted by Crippen LogP contribution is 2.36. The van der Waals surface area contributed by atoms with Crippen molar-refractivity contribution < 1.29 is 18.8 Å². The molecule has 0 bridgehead atoms. The lowest BCUT2D eigenvalue weighted by Gasteiger charge is -2.21. The number of hydrogen-bond donors (Lipinski definition) is 1. The highest BCUT2D eigenvalue weighted by molar-refractivity contribution is 7.14. The molecule has 0 spiro atoms. The van der Waals surface area contributed by atoms with Crippen LogP contribution >= 0.6 is 11.3 Å². The lowest BCUT2D eigenvalue weighted by atomic mass is 9.85. The third kappa shape index (κ3) is 3.24. The average Bonchev–Trinajstić information content (AvgIpc) is 3.25. The minimum atomic E-state index is -0.913. The van der Waals surface area contributed by atoms with E-state index in [0.717, 1.165) is 10.5 Å². The maximum Gasteiger partial charge on any atom is 0.249 e. The van der Waals surface area contributed by atoms with E-state index in [1.54, 1.807) is 24.4 Å². The van der Waals surface area contributed by atoms with Crippen LogP contribution in [0.5, 0.6) is 0 Å². The Morgan fingerprint density at radius 3 is 2.39 bits per heavy atom. The molecular formula is C20H18FN3O3S. The molecule has 2 aliphatic rings. The van der Waals surface area contributed by atoms with Crippen molar-refractivity contribution in [3.63, 3.8) is 0 Å². The van der Waals surface area contributed by atoms with Crippen molar-refractivity contribution in [3.05, 3.63) is 47.6 Å². The van der Waals surface area contributed by atoms with E-state index in [4.69, 9.17) is 0 Å². The fraction of sp³-hybridized carbons (Fsp3) is 0.300. The van der Waals surface area contributed by atoms with Gasteiger partial charge in [-0.25, -0.2) is 9.37 Å². The smallest absolute Gasteiger partial charge is 0.249 e. The number of nitrogens with one attached hydrogen (secondary N) is 1. The Morgan fingerprint density at radius 2 is 1.79 bits per heavy atom. The summed E-state index contributed by atoms with van der Waals surface area (Å²) in [4.78, 5) is 43.3. The predicted octanol–water partition coefficient (Wildman–Crippen LogP) is 3.23. The molecule has 1 aromatic heterocycles. The number of nitrogens with zero attached hydrogens (tertiary/aromatic N) is 2. The van der Waals surface area contributed by atoms with Crippen LogP contribution in [-0.4, -0.2) is 33.6 Å². The zero-order valence-corrected chi connectivity index (χ0v) is 15.9. The summed E-state index contributed by atoms with van der Waals surface area (Å²) in [5, 5.41) is 4.78. The summed E-state index contributed by atoms with van der Waals surface area (Å²) in [6, 6.07) is 4.98. The first-order valence-corrected chi connectivity index (χ1v) is 9.88. The SMILES string of the molecule is C[C@@H](C(=O)Nc1nc(-c2ccc(F)cc2)cs1)N1C(=O)[C@H]2CC=CC[C@H]2C1=O. The molecule has 2 heterocycles. The molecule has 1 N–H and O–H groups in total. The van der Waals surface area contributed by atoms with Crippen LogP contribution in [0, 0.1) is 17.7 Å². The van der Waals surface area contributed by atoms with E-state index >= 15 is 0 Å². The summed E-state index contributed by atoms with van der Waals surface area (Å²) in [6.45, 7) is 1.55. The number of likely N-dealkylation sites (tertiary alicyclic amines) is 1. The number of amides is 3. The van der Waals surface area contributed by atoms with Gasteiger partial charge >= 0.3 is 0 Å². The van der Waals surface area contributed by atoms with E-state index in [1.807, 2.05) is 12.2 Å². The van der Waals surface area contributed by atoms with Crippen LogP contribution in [0.2, 0.25) is 0 Å². The van der Waals surface area contributed by atoms with Crippen molar-refractivity contribution in [3.8, 4) is 11.3 Å². The summed E-state index contributed by atoms with van der Waals surface area (Å²) < 4.78 is 13.1. The number of allylic oxidation sites excluding steroid dienone is 2. The van der Waals surface area contributed by atoms with Crippen molar-refractivity contribution in [2.45, 2.75) is 25.8 Å². The van der Waals surface area contributed by atoms with Crippen LogP contribution in [0.3, 0.4) is 0 Å². The molecule has 3 atom stereocenters. The van der Waals surface area contributed by atoms with Crippen molar-refractivity contribution in [2.24, 2.45) is 11.8 Å². The zero-order chi connectivity index (χ0) is 19.8. The van der Waals surface area contributed by atoms with Gasteiger partial charge in [0.15, 0.2) is 5.13 Å². The van der Waals surface area contributed by atoms with Gasteiger partial charge in [0.1, 0.15) is 11.9 Å². The van der Waals surface area contributed by atoms with Crippen LogP contribution in [-0.2, 0) is 14.4 Å². The van der Waals surface area contributed by atoms with E-state index in [-0.39, 0.29) is 29.5 Å². The molecule has 0 saturated carbocycles. The second-order valence-electron chi connectivity index (χ2n) is 6.91. The number of anilines is 1. The van der Waals surface area contributed by atoms with Gasteiger partial charge in [-0.3, -0.25) is 19.3 Å². The van der Waals surface area contributed by atoms with Crippen molar-refractivity contribution in [2.75, 3.05) is 5.32 Å². The van der Waals surface area contributed by atoms with Gasteiger partial charge in [0.2, 0.25) is 17.7 Å². The number of benzene rings is 1. The van der Waals surface area contributed by atoms with Crippen LogP contribution in [0.25, 0.3) is 11.3 Å². The van der Waals surface area contributed by atoms with Gasteiger partial charge in [0, 0.05) is 10.9 Å². The third-order valence-electron chi connectivity index (χ3n) is 5.18. The number of aromatic nitrogens is 1. The molecular weight excluding hydrogens is 381 g/mol. The summed E-state index contributed by atoms with van der Waals surface area (Å²) in [5.41, 5.74) is 1.34. The van der Waals surface area contributed by atoms with Gasteiger partial charge in [0.05, 0.1) is 17.5 Å². The molecule has 1 aliphatic carbocycles. The van der Waals surface area contributed by atoms with E-state index in [2.05, 4.69) is 10.3 Å². The Morgan fingerprint density at radius 1 is 1.18 bits per heavy atom. The van der Waals surface area contributed by atoms with E-state index in [1.165, 1.54) is 23.5 Å². The van der Waals surface area contributed by atoms with E-state index in [9.17, 15) is 18.8 Å². The number of carbonyl (C=O) groups excluding carboxylic acids is 3. The van der Waals surface area contributed by atoms with Gasteiger partial charge in [-0.1, -0.05) is 12.2 Å². The average molecular weight is 399 g/mol.